The monoisotopic (exact) mass is 288 g/mol. The molecule has 1 atom stereocenters. The summed E-state index contributed by atoms with van der Waals surface area (Å²) < 4.78 is 33.1. The second-order valence-electron chi connectivity index (χ2n) is 1.48. The van der Waals surface area contributed by atoms with Crippen LogP contribution in [0.25, 0.3) is 0 Å². The highest BCUT2D eigenvalue weighted by atomic mass is 79.9. The van der Waals surface area contributed by atoms with Gasteiger partial charge in [-0.25, -0.2) is 0 Å². The van der Waals surface area contributed by atoms with Gasteiger partial charge < -0.3 is 4.52 Å². The lowest BCUT2D eigenvalue weighted by Gasteiger charge is -2.18. The van der Waals surface area contributed by atoms with Crippen LogP contribution in [-0.4, -0.2) is 18.5 Å². The molecular formula is C3H5BrClF2O2PS. The highest BCUT2D eigenvalue weighted by molar-refractivity contribution is 9.09. The Morgan fingerprint density at radius 3 is 2.45 bits per heavy atom. The predicted molar refractivity (Wildman–Crippen MR) is 47.0 cm³/mol. The molecule has 0 bridgehead atoms. The quantitative estimate of drug-likeness (QED) is 0.585. The van der Waals surface area contributed by atoms with Crippen molar-refractivity contribution in [3.63, 3.8) is 0 Å². The highest BCUT2D eigenvalue weighted by Gasteiger charge is 2.35. The molecule has 2 nitrogen and oxygen atoms in total. The molecule has 0 saturated heterocycles. The Morgan fingerprint density at radius 1 is 1.73 bits per heavy atom. The van der Waals surface area contributed by atoms with Gasteiger partial charge in [0.2, 0.25) is 0 Å². The van der Waals surface area contributed by atoms with Crippen molar-refractivity contribution in [2.75, 3.05) is 12.4 Å². The van der Waals surface area contributed by atoms with Crippen LogP contribution in [0.1, 0.15) is 0 Å². The molecule has 0 aromatic rings. The van der Waals surface area contributed by atoms with Gasteiger partial charge in [-0.2, -0.15) is 8.78 Å². The summed E-state index contributed by atoms with van der Waals surface area (Å²) >= 11 is 12.2. The molecule has 0 aromatic carbocycles. The van der Waals surface area contributed by atoms with Gasteiger partial charge in [0.1, 0.15) is 0 Å². The number of rotatable bonds is 4. The summed E-state index contributed by atoms with van der Waals surface area (Å²) in [6, 6.07) is 0. The molecule has 68 valence electrons. The molecule has 0 amide bonds. The molecule has 0 N–H and O–H groups in total. The van der Waals surface area contributed by atoms with Crippen LogP contribution >= 0.6 is 33.0 Å². The van der Waals surface area contributed by atoms with E-state index in [0.717, 1.165) is 7.11 Å². The summed E-state index contributed by atoms with van der Waals surface area (Å²) in [5, 5.41) is -0.658. The van der Waals surface area contributed by atoms with Crippen molar-refractivity contribution in [3.8, 4) is 0 Å². The van der Waals surface area contributed by atoms with E-state index >= 15 is 0 Å². The lowest BCUT2D eigenvalue weighted by atomic mass is 10.8. The van der Waals surface area contributed by atoms with E-state index < -0.39 is 17.3 Å². The maximum absolute atomic E-state index is 12.4. The van der Waals surface area contributed by atoms with Crippen molar-refractivity contribution in [1.82, 2.24) is 0 Å². The van der Waals surface area contributed by atoms with Gasteiger partial charge in [0.25, 0.3) is 5.84 Å². The van der Waals surface area contributed by atoms with Crippen molar-refractivity contribution in [2.24, 2.45) is 0 Å². The molecular weight excluding hydrogens is 284 g/mol. The maximum Gasteiger partial charge on any atom is 0.371 e. The summed E-state index contributed by atoms with van der Waals surface area (Å²) in [6.45, 7) is 0. The van der Waals surface area contributed by atoms with Crippen molar-refractivity contribution < 1.29 is 17.8 Å². The van der Waals surface area contributed by atoms with E-state index in [1.165, 1.54) is 0 Å². The molecule has 11 heavy (non-hydrogen) atoms. The third kappa shape index (κ3) is 5.44. The fourth-order valence-corrected chi connectivity index (χ4v) is 1.60. The minimum absolute atomic E-state index is 0.658. The Bertz CT molecular complexity index is 181. The van der Waals surface area contributed by atoms with Crippen molar-refractivity contribution in [3.05, 3.63) is 0 Å². The second-order valence-corrected chi connectivity index (χ2v) is 6.82. The molecule has 0 aromatic heterocycles. The first kappa shape index (κ1) is 12.2. The van der Waals surface area contributed by atoms with E-state index in [1.54, 1.807) is 0 Å². The van der Waals surface area contributed by atoms with E-state index in [0.29, 0.717) is 0 Å². The highest BCUT2D eigenvalue weighted by Crippen LogP contribution is 2.56. The number of hydrogen-bond acceptors (Lipinski definition) is 3. The van der Waals surface area contributed by atoms with E-state index in [9.17, 15) is 8.78 Å². The van der Waals surface area contributed by atoms with Gasteiger partial charge in [-0.1, -0.05) is 15.9 Å². The normalized spacial score (nSPS) is 17.9. The van der Waals surface area contributed by atoms with Gasteiger partial charge in [-0.05, 0) is 23.0 Å². The SMILES string of the molecule is COP(=S)(Cl)OC(F)(F)CBr. The van der Waals surface area contributed by atoms with Crippen molar-refractivity contribution >= 4 is 44.8 Å². The van der Waals surface area contributed by atoms with E-state index in [2.05, 4.69) is 36.8 Å². The Kier molecular flexibility index (Phi) is 4.92. The van der Waals surface area contributed by atoms with Crippen molar-refractivity contribution in [2.45, 2.75) is 6.11 Å². The standard InChI is InChI=1S/C3H5BrClF2O2PS/c1-8-10(5,11)9-3(6,7)2-4/h2H2,1H3. The molecule has 0 aliphatic heterocycles. The summed E-state index contributed by atoms with van der Waals surface area (Å²) in [6.07, 6.45) is -3.37. The van der Waals surface area contributed by atoms with Gasteiger partial charge in [-0.15, -0.1) is 0 Å². The molecule has 0 spiro atoms. The average molecular weight is 289 g/mol. The smallest absolute Gasteiger partial charge is 0.321 e. The Hall–Kier alpha value is 1.20. The first-order valence-corrected chi connectivity index (χ1v) is 6.99. The van der Waals surface area contributed by atoms with Gasteiger partial charge in [-0.3, -0.25) is 4.52 Å². The molecule has 1 unspecified atom stereocenters. The van der Waals surface area contributed by atoms with Crippen LogP contribution in [0.2, 0.25) is 0 Å². The van der Waals surface area contributed by atoms with Gasteiger partial charge in [0.05, 0.1) is 5.33 Å². The number of halogens is 4. The minimum Gasteiger partial charge on any atom is -0.321 e. The van der Waals surface area contributed by atoms with Crippen LogP contribution in [0.4, 0.5) is 8.78 Å². The zero-order valence-corrected chi connectivity index (χ0v) is 9.44. The third-order valence-corrected chi connectivity index (χ3v) is 3.48. The molecule has 8 heteroatoms. The maximum atomic E-state index is 12.4. The van der Waals surface area contributed by atoms with Crippen LogP contribution in [0.5, 0.6) is 0 Å². The van der Waals surface area contributed by atoms with Crippen LogP contribution in [-0.2, 0) is 20.9 Å². The van der Waals surface area contributed by atoms with Gasteiger partial charge in [0.15, 0.2) is 0 Å². The summed E-state index contributed by atoms with van der Waals surface area (Å²) in [4.78, 5) is 0. The molecule has 0 heterocycles. The first-order chi connectivity index (χ1) is 4.83. The van der Waals surface area contributed by atoms with E-state index in [4.69, 9.17) is 11.2 Å². The van der Waals surface area contributed by atoms with Crippen LogP contribution in [0.3, 0.4) is 0 Å². The van der Waals surface area contributed by atoms with Gasteiger partial charge >= 0.3 is 6.11 Å². The summed E-state index contributed by atoms with van der Waals surface area (Å²) in [5.41, 5.74) is 0. The van der Waals surface area contributed by atoms with Crippen LogP contribution in [0, 0.1) is 0 Å². The fraction of sp³-hybridized carbons (Fsp3) is 1.00. The zero-order chi connectivity index (χ0) is 9.12. The largest absolute Gasteiger partial charge is 0.371 e. The third-order valence-electron chi connectivity index (χ3n) is 0.616. The van der Waals surface area contributed by atoms with E-state index in [1.807, 2.05) is 0 Å². The second kappa shape index (κ2) is 4.44. The Labute approximate surface area is 81.3 Å². The van der Waals surface area contributed by atoms with Crippen LogP contribution in [0.15, 0.2) is 0 Å². The Balaban J connectivity index is 4.14. The van der Waals surface area contributed by atoms with E-state index in [-0.39, 0.29) is 0 Å². The summed E-state index contributed by atoms with van der Waals surface area (Å²) in [5.74, 6) is -3.29. The molecule has 0 aliphatic rings. The Morgan fingerprint density at radius 2 is 2.18 bits per heavy atom. The minimum atomic E-state index is -3.37. The lowest BCUT2D eigenvalue weighted by Crippen LogP contribution is -2.20. The van der Waals surface area contributed by atoms with Crippen LogP contribution < -0.4 is 0 Å². The molecule has 0 radical (unpaired) electrons. The fourth-order valence-electron chi connectivity index (χ4n) is 0.221. The average Bonchev–Trinajstić information content (AvgIpc) is 1.86. The molecule has 0 fully saturated rings. The van der Waals surface area contributed by atoms with Crippen molar-refractivity contribution in [1.29, 1.82) is 0 Å². The zero-order valence-electron chi connectivity index (χ0n) is 5.39. The topological polar surface area (TPSA) is 18.5 Å². The number of hydrogen-bond donors (Lipinski definition) is 0. The molecule has 0 aliphatic carbocycles. The molecule has 0 rings (SSSR count). The number of alkyl halides is 3. The van der Waals surface area contributed by atoms with Gasteiger partial charge in [0, 0.05) is 7.11 Å². The predicted octanol–water partition coefficient (Wildman–Crippen LogP) is 3.10. The summed E-state index contributed by atoms with van der Waals surface area (Å²) in [7, 11) is 1.12. The molecule has 0 saturated carbocycles. The lowest BCUT2D eigenvalue weighted by molar-refractivity contribution is -0.151. The first-order valence-electron chi connectivity index (χ1n) is 2.33.